The van der Waals surface area contributed by atoms with E-state index >= 15 is 0 Å². The van der Waals surface area contributed by atoms with E-state index in [1.165, 1.54) is 0 Å². The third-order valence-electron chi connectivity index (χ3n) is 6.03. The number of rotatable bonds is 20. The zero-order chi connectivity index (χ0) is 34.1. The van der Waals surface area contributed by atoms with Crippen molar-refractivity contribution in [2.75, 3.05) is 0 Å². The van der Waals surface area contributed by atoms with Gasteiger partial charge >= 0.3 is 17.1 Å². The van der Waals surface area contributed by atoms with Gasteiger partial charge in [0.05, 0.1) is 0 Å². The lowest BCUT2D eigenvalue weighted by molar-refractivity contribution is 0.301. The van der Waals surface area contributed by atoms with E-state index in [0.29, 0.717) is 0 Å². The van der Waals surface area contributed by atoms with Crippen LogP contribution in [-0.2, 0) is 37.0 Å². The van der Waals surface area contributed by atoms with E-state index in [1.807, 2.05) is 31.8 Å². The average Bonchev–Trinajstić information content (AvgIpc) is 2.86. The summed E-state index contributed by atoms with van der Waals surface area (Å²) in [5.41, 5.74) is 0. The molecular formula is C26H58O9Si10. The van der Waals surface area contributed by atoms with Crippen LogP contribution in [0, 0.1) is 0 Å². The van der Waals surface area contributed by atoms with Gasteiger partial charge in [-0.1, -0.05) is 60.7 Å². The summed E-state index contributed by atoms with van der Waals surface area (Å²) in [5, 5.41) is 2.18. The summed E-state index contributed by atoms with van der Waals surface area (Å²) in [5.74, 6) is 0. The minimum atomic E-state index is -3.09. The molecule has 0 aliphatic rings. The molecule has 45 heavy (non-hydrogen) atoms. The molecule has 0 radical (unpaired) electrons. The Hall–Kier alpha value is 0.249. The SMILES string of the molecule is C[SiH](O[SiH](C)O[SiH](C)O[SiH](C)O[Si](C)(C)O[Si](O[Si](C)(C)C)(c1ccccc1)c1ccccc1)O[SiH](C)O[SiH](C)O[Si](C)(C)C. The molecule has 2 aromatic rings. The summed E-state index contributed by atoms with van der Waals surface area (Å²) in [4.78, 5) is 0. The molecule has 6 unspecified atom stereocenters. The van der Waals surface area contributed by atoms with Crippen LogP contribution in [0.4, 0.5) is 0 Å². The van der Waals surface area contributed by atoms with Gasteiger partial charge in [0.2, 0.25) is 0 Å². The molecule has 0 N–H and O–H groups in total. The van der Waals surface area contributed by atoms with Gasteiger partial charge in [0.15, 0.2) is 16.6 Å². The molecule has 0 heterocycles. The highest BCUT2D eigenvalue weighted by atomic mass is 28.5. The topological polar surface area (TPSA) is 83.1 Å². The molecule has 19 heteroatoms. The first-order chi connectivity index (χ1) is 20.7. The highest BCUT2D eigenvalue weighted by Crippen LogP contribution is 2.23. The smallest absolute Gasteiger partial charge is 0.388 e. The molecule has 0 fully saturated rings. The zero-order valence-electron chi connectivity index (χ0n) is 29.9. The number of benzene rings is 2. The fraction of sp³-hybridized carbons (Fsp3) is 0.538. The van der Waals surface area contributed by atoms with Crippen LogP contribution in [0.15, 0.2) is 60.7 Å². The summed E-state index contributed by atoms with van der Waals surface area (Å²) in [6, 6.07) is 20.8. The Morgan fingerprint density at radius 3 is 1.07 bits per heavy atom. The summed E-state index contributed by atoms with van der Waals surface area (Å²) < 4.78 is 58.4. The van der Waals surface area contributed by atoms with Crippen molar-refractivity contribution >= 4 is 99.8 Å². The van der Waals surface area contributed by atoms with Gasteiger partial charge in [-0.05, 0) is 102 Å². The van der Waals surface area contributed by atoms with Crippen molar-refractivity contribution in [3.8, 4) is 0 Å². The monoisotopic (exact) mass is 794 g/mol. The van der Waals surface area contributed by atoms with E-state index in [-0.39, 0.29) is 0 Å². The second-order valence-corrected chi connectivity index (χ2v) is 42.9. The van der Waals surface area contributed by atoms with Crippen LogP contribution in [-0.4, -0.2) is 89.5 Å². The molecule has 0 amide bonds. The molecule has 0 spiro atoms. The maximum Gasteiger partial charge on any atom is 0.388 e. The zero-order valence-corrected chi connectivity index (χ0v) is 40.8. The van der Waals surface area contributed by atoms with Crippen molar-refractivity contribution in [3.05, 3.63) is 60.7 Å². The third-order valence-corrected chi connectivity index (χ3v) is 38.0. The predicted molar refractivity (Wildman–Crippen MR) is 210 cm³/mol. The molecule has 6 atom stereocenters. The Kier molecular flexibility index (Phi) is 16.8. The Labute approximate surface area is 287 Å². The van der Waals surface area contributed by atoms with Crippen LogP contribution in [0.3, 0.4) is 0 Å². The van der Waals surface area contributed by atoms with Gasteiger partial charge in [-0.15, -0.1) is 0 Å². The van der Waals surface area contributed by atoms with E-state index < -0.39 is 89.5 Å². The largest absolute Gasteiger partial charge is 0.439 e. The second-order valence-electron chi connectivity index (χ2n) is 13.5. The van der Waals surface area contributed by atoms with Gasteiger partial charge in [0, 0.05) is 0 Å². The first-order valence-electron chi connectivity index (χ1n) is 15.8. The van der Waals surface area contributed by atoms with Crippen molar-refractivity contribution < 1.29 is 37.0 Å². The Balaban J connectivity index is 2.03. The maximum atomic E-state index is 7.21. The van der Waals surface area contributed by atoms with Crippen LogP contribution in [0.2, 0.25) is 91.7 Å². The van der Waals surface area contributed by atoms with Crippen molar-refractivity contribution in [3.63, 3.8) is 0 Å². The molecule has 2 rings (SSSR count). The van der Waals surface area contributed by atoms with Crippen molar-refractivity contribution in [2.45, 2.75) is 91.7 Å². The van der Waals surface area contributed by atoms with Gasteiger partial charge in [-0.3, -0.25) is 0 Å². The molecule has 256 valence electrons. The summed E-state index contributed by atoms with van der Waals surface area (Å²) in [6.07, 6.45) is 0. The van der Waals surface area contributed by atoms with Crippen molar-refractivity contribution in [1.82, 2.24) is 0 Å². The van der Waals surface area contributed by atoms with Crippen LogP contribution < -0.4 is 10.4 Å². The molecule has 2 aromatic carbocycles. The van der Waals surface area contributed by atoms with Gasteiger partial charge in [-0.2, -0.15) is 0 Å². The van der Waals surface area contributed by atoms with E-state index in [4.69, 9.17) is 37.0 Å². The summed E-state index contributed by atoms with van der Waals surface area (Å²) in [7, 11) is -20.9. The number of hydrogen-bond acceptors (Lipinski definition) is 9. The van der Waals surface area contributed by atoms with Crippen LogP contribution in [0.25, 0.3) is 0 Å². The van der Waals surface area contributed by atoms with E-state index in [2.05, 4.69) is 121 Å². The van der Waals surface area contributed by atoms with Gasteiger partial charge in [-0.25, -0.2) is 0 Å². The van der Waals surface area contributed by atoms with Crippen LogP contribution >= 0.6 is 0 Å². The molecule has 0 aliphatic carbocycles. The quantitative estimate of drug-likeness (QED) is 0.186. The minimum Gasteiger partial charge on any atom is -0.439 e. The lowest BCUT2D eigenvalue weighted by atomic mass is 10.4. The average molecular weight is 796 g/mol. The maximum absolute atomic E-state index is 7.21. The van der Waals surface area contributed by atoms with E-state index in [0.717, 1.165) is 10.4 Å². The van der Waals surface area contributed by atoms with Gasteiger partial charge in [0.1, 0.15) is 0 Å². The normalized spacial score (nSPS) is 17.4. The van der Waals surface area contributed by atoms with Crippen molar-refractivity contribution in [1.29, 1.82) is 0 Å². The minimum absolute atomic E-state index is 1.09. The molecule has 0 aliphatic heterocycles. The van der Waals surface area contributed by atoms with E-state index in [1.54, 1.807) is 0 Å². The first-order valence-corrected chi connectivity index (χ1v) is 39.9. The molecule has 9 nitrogen and oxygen atoms in total. The highest BCUT2D eigenvalue weighted by Gasteiger charge is 2.50. The molecule has 0 saturated heterocycles. The third kappa shape index (κ3) is 16.0. The molecule has 0 saturated carbocycles. The van der Waals surface area contributed by atoms with Crippen LogP contribution in [0.1, 0.15) is 0 Å². The molecule has 0 bridgehead atoms. The Morgan fingerprint density at radius 1 is 0.400 bits per heavy atom. The summed E-state index contributed by atoms with van der Waals surface area (Å²) in [6.45, 7) is 29.7. The Morgan fingerprint density at radius 2 is 0.733 bits per heavy atom. The fourth-order valence-electron chi connectivity index (χ4n) is 4.97. The highest BCUT2D eigenvalue weighted by molar-refractivity contribution is 7.02. The van der Waals surface area contributed by atoms with Gasteiger partial charge < -0.3 is 37.0 Å². The van der Waals surface area contributed by atoms with Gasteiger partial charge in [0.25, 0.3) is 55.7 Å². The van der Waals surface area contributed by atoms with E-state index in [9.17, 15) is 0 Å². The molecule has 0 aromatic heterocycles. The number of hydrogen-bond donors (Lipinski definition) is 0. The molecular weight excluding hydrogens is 737 g/mol. The lowest BCUT2D eigenvalue weighted by Crippen LogP contribution is -2.70. The summed E-state index contributed by atoms with van der Waals surface area (Å²) >= 11 is 0. The second kappa shape index (κ2) is 18.3. The fourth-order valence-corrected chi connectivity index (χ4v) is 38.6. The first kappa shape index (κ1) is 41.4. The van der Waals surface area contributed by atoms with Crippen LogP contribution in [0.5, 0.6) is 0 Å². The standard InChI is InChI=1S/C26H58O9Si10/c1-36(28-38(3)30-40(5)32-42(7,8)9)27-37(2)29-39(4)31-41(6)33-44(13,14)35-45(34-43(10,11)12,25-21-17-15-18-22-25)26-23-19-16-20-24-26/h15-24,36-41H,1-14H3. The lowest BCUT2D eigenvalue weighted by Gasteiger charge is -2.42. The predicted octanol–water partition coefficient (Wildman–Crippen LogP) is 3.87. The van der Waals surface area contributed by atoms with Crippen molar-refractivity contribution in [2.24, 2.45) is 0 Å². The Bertz CT molecular complexity index is 1090.